The molecular weight excluding hydrogens is 555 g/mol. The molecule has 1 saturated carbocycles. The molecule has 0 amide bonds. The molecule has 2 heterocycles. The molecule has 1 fully saturated rings. The second kappa shape index (κ2) is 9.62. The SMILES string of the molecule is O=S(=O)(CC1CC1)c1nc(-c2cc(F)c(-c3cnc(Oc4ccccc4C(F)(F)F)c(Cl)c3)cc2F)n[nH]1. The van der Waals surface area contributed by atoms with E-state index in [1.54, 1.807) is 0 Å². The first-order valence-electron chi connectivity index (χ1n) is 11.1. The first-order valence-corrected chi connectivity index (χ1v) is 13.1. The molecule has 14 heteroatoms. The smallest absolute Gasteiger partial charge is 0.419 e. The number of alkyl halides is 3. The Labute approximate surface area is 217 Å². The number of pyridine rings is 1. The summed E-state index contributed by atoms with van der Waals surface area (Å²) in [5.41, 5.74) is -1.67. The van der Waals surface area contributed by atoms with E-state index in [0.717, 1.165) is 49.4 Å². The molecule has 0 unspecified atom stereocenters. The average molecular weight is 571 g/mol. The van der Waals surface area contributed by atoms with Gasteiger partial charge in [0, 0.05) is 17.3 Å². The summed E-state index contributed by atoms with van der Waals surface area (Å²) < 4.78 is 99.7. The zero-order valence-corrected chi connectivity index (χ0v) is 20.6. The molecule has 1 aliphatic carbocycles. The van der Waals surface area contributed by atoms with Gasteiger partial charge in [-0.2, -0.15) is 23.3 Å². The molecule has 0 aliphatic heterocycles. The van der Waals surface area contributed by atoms with Crippen LogP contribution in [0.3, 0.4) is 0 Å². The van der Waals surface area contributed by atoms with E-state index >= 15 is 4.39 Å². The van der Waals surface area contributed by atoms with Crippen LogP contribution in [-0.2, 0) is 16.0 Å². The highest BCUT2D eigenvalue weighted by molar-refractivity contribution is 7.91. The largest absolute Gasteiger partial charge is 0.437 e. The fraction of sp³-hybridized carbons (Fsp3) is 0.208. The van der Waals surface area contributed by atoms with Gasteiger partial charge in [0.2, 0.25) is 20.9 Å². The number of nitrogens with zero attached hydrogens (tertiary/aromatic N) is 3. The summed E-state index contributed by atoms with van der Waals surface area (Å²) in [5, 5.41) is 5.31. The number of rotatable bonds is 7. The Morgan fingerprint density at radius 1 is 1.05 bits per heavy atom. The van der Waals surface area contributed by atoms with Crippen molar-refractivity contribution >= 4 is 21.4 Å². The lowest BCUT2D eigenvalue weighted by Gasteiger charge is -2.14. The van der Waals surface area contributed by atoms with Crippen LogP contribution in [0, 0.1) is 17.6 Å². The third-order valence-corrected chi connectivity index (χ3v) is 7.68. The molecule has 0 spiro atoms. The second-order valence-electron chi connectivity index (χ2n) is 8.61. The Bertz CT molecular complexity index is 1640. The van der Waals surface area contributed by atoms with E-state index in [9.17, 15) is 26.0 Å². The molecule has 0 bridgehead atoms. The molecular formula is C24H16ClF5N4O3S. The second-order valence-corrected chi connectivity index (χ2v) is 11.0. The van der Waals surface area contributed by atoms with Crippen LogP contribution in [0.1, 0.15) is 18.4 Å². The summed E-state index contributed by atoms with van der Waals surface area (Å²) in [6.07, 6.45) is -2.02. The first kappa shape index (κ1) is 26.0. The Morgan fingerprint density at radius 3 is 2.42 bits per heavy atom. The Hall–Kier alpha value is -3.58. The number of halogens is 6. The number of hydrogen-bond acceptors (Lipinski definition) is 6. The van der Waals surface area contributed by atoms with E-state index in [-0.39, 0.29) is 45.1 Å². The minimum Gasteiger partial charge on any atom is -0.437 e. The number of ether oxygens (including phenoxy) is 1. The Balaban J connectivity index is 1.42. The summed E-state index contributed by atoms with van der Waals surface area (Å²) in [6.45, 7) is 0. The van der Waals surface area contributed by atoms with Crippen molar-refractivity contribution in [2.45, 2.75) is 24.2 Å². The van der Waals surface area contributed by atoms with Crippen LogP contribution in [0.5, 0.6) is 11.6 Å². The Morgan fingerprint density at radius 2 is 1.74 bits per heavy atom. The quantitative estimate of drug-likeness (QED) is 0.256. The van der Waals surface area contributed by atoms with Crippen molar-refractivity contribution in [3.05, 3.63) is 70.9 Å². The van der Waals surface area contributed by atoms with Crippen molar-refractivity contribution in [1.29, 1.82) is 0 Å². The molecule has 0 atom stereocenters. The minimum absolute atomic E-state index is 0.0112. The first-order chi connectivity index (χ1) is 17.9. The molecule has 7 nitrogen and oxygen atoms in total. The van der Waals surface area contributed by atoms with Crippen molar-refractivity contribution in [3.63, 3.8) is 0 Å². The van der Waals surface area contributed by atoms with Gasteiger partial charge in [0.05, 0.1) is 16.9 Å². The molecule has 38 heavy (non-hydrogen) atoms. The van der Waals surface area contributed by atoms with E-state index < -0.39 is 44.1 Å². The highest BCUT2D eigenvalue weighted by Crippen LogP contribution is 2.40. The summed E-state index contributed by atoms with van der Waals surface area (Å²) in [6, 6.07) is 7.24. The summed E-state index contributed by atoms with van der Waals surface area (Å²) in [7, 11) is -3.74. The van der Waals surface area contributed by atoms with Crippen molar-refractivity contribution in [2.75, 3.05) is 5.75 Å². The summed E-state index contributed by atoms with van der Waals surface area (Å²) in [4.78, 5) is 7.71. The van der Waals surface area contributed by atoms with E-state index in [1.165, 1.54) is 12.1 Å². The van der Waals surface area contributed by atoms with Crippen molar-refractivity contribution < 1.29 is 35.1 Å². The lowest BCUT2D eigenvalue weighted by atomic mass is 10.0. The average Bonchev–Trinajstić information content (AvgIpc) is 3.50. The zero-order chi connectivity index (χ0) is 27.2. The standard InChI is InChI=1S/C24H16ClF5N4O3S/c25-17-7-13(10-31-22(17)37-20-4-2-1-3-16(20)24(28,29)30)14-8-19(27)15(9-18(14)26)21-32-23(34-33-21)38(35,36)11-12-5-6-12/h1-4,7-10,12H,5-6,11H2,(H,32,33,34). The van der Waals surface area contributed by atoms with Gasteiger partial charge in [-0.1, -0.05) is 23.7 Å². The van der Waals surface area contributed by atoms with E-state index in [2.05, 4.69) is 20.2 Å². The number of aromatic nitrogens is 4. The number of para-hydroxylation sites is 1. The molecule has 5 rings (SSSR count). The normalized spacial score (nSPS) is 14.1. The number of sulfone groups is 1. The number of benzene rings is 2. The van der Waals surface area contributed by atoms with Crippen LogP contribution in [0.15, 0.2) is 53.8 Å². The Kier molecular flexibility index (Phi) is 6.59. The fourth-order valence-corrected chi connectivity index (χ4v) is 5.39. The highest BCUT2D eigenvalue weighted by atomic mass is 35.5. The van der Waals surface area contributed by atoms with Gasteiger partial charge >= 0.3 is 6.18 Å². The van der Waals surface area contributed by atoms with Crippen molar-refractivity contribution in [1.82, 2.24) is 20.2 Å². The third-order valence-electron chi connectivity index (χ3n) is 5.73. The van der Waals surface area contributed by atoms with Crippen molar-refractivity contribution in [2.24, 2.45) is 5.92 Å². The maximum Gasteiger partial charge on any atom is 0.419 e. The van der Waals surface area contributed by atoms with Gasteiger partial charge in [0.15, 0.2) is 5.82 Å². The third kappa shape index (κ3) is 5.34. The maximum atomic E-state index is 15.0. The summed E-state index contributed by atoms with van der Waals surface area (Å²) in [5.74, 6) is -3.18. The molecule has 198 valence electrons. The molecule has 0 saturated heterocycles. The zero-order valence-electron chi connectivity index (χ0n) is 19.1. The predicted octanol–water partition coefficient (Wildman–Crippen LogP) is 6.46. The molecule has 2 aromatic carbocycles. The highest BCUT2D eigenvalue weighted by Gasteiger charge is 2.34. The number of hydrogen-bond donors (Lipinski definition) is 1. The number of H-pyrrole nitrogens is 1. The summed E-state index contributed by atoms with van der Waals surface area (Å²) >= 11 is 6.13. The van der Waals surface area contributed by atoms with Crippen LogP contribution in [0.4, 0.5) is 22.0 Å². The van der Waals surface area contributed by atoms with E-state index in [1.807, 2.05) is 0 Å². The monoisotopic (exact) mass is 570 g/mol. The van der Waals surface area contributed by atoms with Crippen LogP contribution in [0.25, 0.3) is 22.5 Å². The van der Waals surface area contributed by atoms with E-state index in [0.29, 0.717) is 0 Å². The van der Waals surface area contributed by atoms with Crippen LogP contribution >= 0.6 is 11.6 Å². The molecule has 1 N–H and O–H groups in total. The molecule has 2 aromatic heterocycles. The number of nitrogens with one attached hydrogen (secondary N) is 1. The van der Waals surface area contributed by atoms with Gasteiger partial charge < -0.3 is 4.74 Å². The lowest BCUT2D eigenvalue weighted by molar-refractivity contribution is -0.138. The number of aromatic amines is 1. The molecule has 0 radical (unpaired) electrons. The molecule has 1 aliphatic rings. The predicted molar refractivity (Wildman–Crippen MR) is 126 cm³/mol. The fourth-order valence-electron chi connectivity index (χ4n) is 3.66. The minimum atomic E-state index is -4.68. The lowest BCUT2D eigenvalue weighted by Crippen LogP contribution is -2.10. The topological polar surface area (TPSA) is 97.8 Å². The van der Waals surface area contributed by atoms with Gasteiger partial charge in [-0.25, -0.2) is 27.3 Å². The maximum absolute atomic E-state index is 15.0. The van der Waals surface area contributed by atoms with Gasteiger partial charge in [0.25, 0.3) is 0 Å². The van der Waals surface area contributed by atoms with Gasteiger partial charge in [-0.3, -0.25) is 0 Å². The van der Waals surface area contributed by atoms with Crippen LogP contribution < -0.4 is 4.74 Å². The van der Waals surface area contributed by atoms with Crippen LogP contribution in [-0.4, -0.2) is 34.3 Å². The van der Waals surface area contributed by atoms with Gasteiger partial charge in [-0.15, -0.1) is 0 Å². The van der Waals surface area contributed by atoms with Gasteiger partial charge in [0.1, 0.15) is 22.4 Å². The van der Waals surface area contributed by atoms with Crippen LogP contribution in [0.2, 0.25) is 5.02 Å². The van der Waals surface area contributed by atoms with Crippen molar-refractivity contribution in [3.8, 4) is 34.1 Å². The van der Waals surface area contributed by atoms with E-state index in [4.69, 9.17) is 16.3 Å². The van der Waals surface area contributed by atoms with Gasteiger partial charge in [-0.05, 0) is 49.1 Å². The molecule has 4 aromatic rings.